The van der Waals surface area contributed by atoms with Crippen LogP contribution in [0.2, 0.25) is 0 Å². The van der Waals surface area contributed by atoms with Gasteiger partial charge in [0.25, 0.3) is 5.69 Å². The largest absolute Gasteiger partial charge is 0.290 e. The Bertz CT molecular complexity index is 587. The summed E-state index contributed by atoms with van der Waals surface area (Å²) in [6.07, 6.45) is 0.697. The molecule has 5 heteroatoms. The van der Waals surface area contributed by atoms with Gasteiger partial charge in [0, 0.05) is 23.0 Å². The molecular weight excluding hydrogens is 308 g/mol. The van der Waals surface area contributed by atoms with Gasteiger partial charge in [0.2, 0.25) is 0 Å². The second-order valence-electron chi connectivity index (χ2n) is 4.25. The second-order valence-corrected chi connectivity index (χ2v) is 5.35. The highest BCUT2D eigenvalue weighted by molar-refractivity contribution is 9.09. The molecule has 0 aliphatic rings. The van der Waals surface area contributed by atoms with Gasteiger partial charge in [-0.05, 0) is 18.6 Å². The number of nitrogens with zero attached hydrogens (tertiary/aromatic N) is 2. The van der Waals surface area contributed by atoms with Gasteiger partial charge in [-0.1, -0.05) is 46.3 Å². The third-order valence-corrected chi connectivity index (χ3v) is 3.71. The van der Waals surface area contributed by atoms with Crippen molar-refractivity contribution in [1.82, 2.24) is 4.98 Å². The number of benzene rings is 1. The van der Waals surface area contributed by atoms with Gasteiger partial charge in [0.1, 0.15) is 5.69 Å². The molecule has 1 heterocycles. The fourth-order valence-corrected chi connectivity index (χ4v) is 2.51. The highest BCUT2D eigenvalue weighted by Crippen LogP contribution is 2.27. The van der Waals surface area contributed by atoms with Crippen molar-refractivity contribution in [1.29, 1.82) is 0 Å². The molecule has 0 radical (unpaired) electrons. The lowest BCUT2D eigenvalue weighted by atomic mass is 10.1. The summed E-state index contributed by atoms with van der Waals surface area (Å²) in [7, 11) is 0. The van der Waals surface area contributed by atoms with E-state index in [0.717, 1.165) is 5.69 Å². The van der Waals surface area contributed by atoms with Crippen molar-refractivity contribution in [3.05, 3.63) is 69.5 Å². The minimum Gasteiger partial charge on any atom is -0.258 e. The maximum Gasteiger partial charge on any atom is 0.290 e. The van der Waals surface area contributed by atoms with Crippen LogP contribution in [0.4, 0.5) is 5.69 Å². The predicted octanol–water partition coefficient (Wildman–Crippen LogP) is 3.98. The van der Waals surface area contributed by atoms with E-state index in [1.807, 2.05) is 30.3 Å². The van der Waals surface area contributed by atoms with Crippen molar-refractivity contribution in [2.75, 3.05) is 0 Å². The molecule has 0 spiro atoms. The van der Waals surface area contributed by atoms with Crippen LogP contribution in [0.1, 0.15) is 21.8 Å². The quantitative estimate of drug-likeness (QED) is 0.486. The topological polar surface area (TPSA) is 56.0 Å². The normalized spacial score (nSPS) is 12.1. The Hall–Kier alpha value is -1.75. The van der Waals surface area contributed by atoms with Crippen molar-refractivity contribution < 1.29 is 4.92 Å². The van der Waals surface area contributed by atoms with E-state index >= 15 is 0 Å². The molecule has 1 atom stereocenters. The average Bonchev–Trinajstić information content (AvgIpc) is 2.39. The number of aryl methyl sites for hydroxylation is 1. The van der Waals surface area contributed by atoms with Crippen molar-refractivity contribution in [3.8, 4) is 0 Å². The van der Waals surface area contributed by atoms with Crippen molar-refractivity contribution in [2.45, 2.75) is 18.2 Å². The molecule has 0 N–H and O–H groups in total. The molecule has 0 saturated heterocycles. The molecule has 1 aromatic heterocycles. The minimum absolute atomic E-state index is 0.0644. The molecule has 4 nitrogen and oxygen atoms in total. The molecule has 0 amide bonds. The van der Waals surface area contributed by atoms with Crippen LogP contribution in [0.3, 0.4) is 0 Å². The molecule has 0 aliphatic carbocycles. The third-order valence-electron chi connectivity index (χ3n) is 2.86. The van der Waals surface area contributed by atoms with Gasteiger partial charge in [-0.15, -0.1) is 0 Å². The number of halogens is 1. The summed E-state index contributed by atoms with van der Waals surface area (Å²) in [6, 6.07) is 13.2. The number of rotatable bonds is 4. The number of alkyl halides is 1. The molecule has 0 fully saturated rings. The van der Waals surface area contributed by atoms with E-state index in [1.54, 1.807) is 13.0 Å². The Morgan fingerprint density at radius 1 is 1.26 bits per heavy atom. The Balaban J connectivity index is 2.16. The summed E-state index contributed by atoms with van der Waals surface area (Å²) in [5.41, 5.74) is 2.53. The summed E-state index contributed by atoms with van der Waals surface area (Å²) in [4.78, 5) is 14.8. The van der Waals surface area contributed by atoms with E-state index in [1.165, 1.54) is 11.6 Å². The molecule has 0 bridgehead atoms. The van der Waals surface area contributed by atoms with E-state index in [9.17, 15) is 10.1 Å². The van der Waals surface area contributed by atoms with Gasteiger partial charge in [-0.2, -0.15) is 0 Å². The zero-order chi connectivity index (χ0) is 13.8. The summed E-state index contributed by atoms with van der Waals surface area (Å²) in [5.74, 6) is 0. The van der Waals surface area contributed by atoms with Gasteiger partial charge in [-0.25, -0.2) is 0 Å². The average molecular weight is 321 g/mol. The summed E-state index contributed by atoms with van der Waals surface area (Å²) in [6.45, 7) is 1.66. The van der Waals surface area contributed by atoms with Crippen molar-refractivity contribution >= 4 is 21.6 Å². The first-order valence-electron chi connectivity index (χ1n) is 5.88. The number of nitro groups is 1. The van der Waals surface area contributed by atoms with E-state index in [4.69, 9.17) is 0 Å². The zero-order valence-corrected chi connectivity index (χ0v) is 12.0. The fourth-order valence-electron chi connectivity index (χ4n) is 1.88. The maximum absolute atomic E-state index is 10.7. The number of hydrogen-bond donors (Lipinski definition) is 0. The molecule has 19 heavy (non-hydrogen) atoms. The predicted molar refractivity (Wildman–Crippen MR) is 77.4 cm³/mol. The monoisotopic (exact) mass is 320 g/mol. The SMILES string of the molecule is Cc1nc(CC(Br)c2ccccc2)ccc1[N+](=O)[O-]. The van der Waals surface area contributed by atoms with Gasteiger partial charge in [-0.3, -0.25) is 15.1 Å². The lowest BCUT2D eigenvalue weighted by molar-refractivity contribution is -0.385. The fraction of sp³-hybridized carbons (Fsp3) is 0.214. The molecule has 0 saturated carbocycles. The molecule has 98 valence electrons. The second kappa shape index (κ2) is 5.93. The Kier molecular flexibility index (Phi) is 4.27. The lowest BCUT2D eigenvalue weighted by Crippen LogP contribution is -2.01. The van der Waals surface area contributed by atoms with Crippen LogP contribution in [-0.4, -0.2) is 9.91 Å². The third kappa shape index (κ3) is 3.38. The molecule has 2 aromatic rings. The van der Waals surface area contributed by atoms with Crippen molar-refractivity contribution in [3.63, 3.8) is 0 Å². The highest BCUT2D eigenvalue weighted by Gasteiger charge is 2.14. The molecular formula is C14H13BrN2O2. The van der Waals surface area contributed by atoms with Crippen LogP contribution in [0.25, 0.3) is 0 Å². The Morgan fingerprint density at radius 3 is 2.53 bits per heavy atom. The summed E-state index contributed by atoms with van der Waals surface area (Å²) in [5, 5.41) is 10.7. The van der Waals surface area contributed by atoms with E-state index in [0.29, 0.717) is 12.1 Å². The number of hydrogen-bond acceptors (Lipinski definition) is 3. The zero-order valence-electron chi connectivity index (χ0n) is 10.4. The molecule has 2 rings (SSSR count). The van der Waals surface area contributed by atoms with Gasteiger partial charge in [0.05, 0.1) is 4.92 Å². The van der Waals surface area contributed by atoms with Crippen LogP contribution in [0.15, 0.2) is 42.5 Å². The Labute approximate surface area is 119 Å². The lowest BCUT2D eigenvalue weighted by Gasteiger charge is -2.10. The van der Waals surface area contributed by atoms with E-state index in [2.05, 4.69) is 20.9 Å². The molecule has 1 unspecified atom stereocenters. The summed E-state index contributed by atoms with van der Waals surface area (Å²) < 4.78 is 0. The first-order chi connectivity index (χ1) is 9.08. The van der Waals surface area contributed by atoms with Gasteiger partial charge >= 0.3 is 0 Å². The first-order valence-corrected chi connectivity index (χ1v) is 6.79. The van der Waals surface area contributed by atoms with Gasteiger partial charge in [0.15, 0.2) is 0 Å². The van der Waals surface area contributed by atoms with Crippen LogP contribution < -0.4 is 0 Å². The van der Waals surface area contributed by atoms with Gasteiger partial charge < -0.3 is 0 Å². The standard InChI is InChI=1S/C14H13BrN2O2/c1-10-14(17(18)19)8-7-12(16-10)9-13(15)11-5-3-2-4-6-11/h2-8,13H,9H2,1H3. The number of aromatic nitrogens is 1. The minimum atomic E-state index is -0.408. The van der Waals surface area contributed by atoms with Crippen LogP contribution in [0, 0.1) is 17.0 Å². The van der Waals surface area contributed by atoms with E-state index in [-0.39, 0.29) is 10.5 Å². The smallest absolute Gasteiger partial charge is 0.258 e. The Morgan fingerprint density at radius 2 is 1.95 bits per heavy atom. The van der Waals surface area contributed by atoms with Crippen molar-refractivity contribution in [2.24, 2.45) is 0 Å². The molecule has 1 aromatic carbocycles. The van der Waals surface area contributed by atoms with Crippen LogP contribution >= 0.6 is 15.9 Å². The highest BCUT2D eigenvalue weighted by atomic mass is 79.9. The summed E-state index contributed by atoms with van der Waals surface area (Å²) >= 11 is 3.62. The maximum atomic E-state index is 10.7. The first kappa shape index (κ1) is 13.7. The molecule has 0 aliphatic heterocycles. The number of pyridine rings is 1. The van der Waals surface area contributed by atoms with Crippen LogP contribution in [-0.2, 0) is 6.42 Å². The van der Waals surface area contributed by atoms with E-state index < -0.39 is 4.92 Å². The van der Waals surface area contributed by atoms with Crippen LogP contribution in [0.5, 0.6) is 0 Å².